The molecule has 0 bridgehead atoms. The monoisotopic (exact) mass is 375 g/mol. The zero-order valence-corrected chi connectivity index (χ0v) is 15.4. The molecule has 4 aromatic heterocycles. The third-order valence-electron chi connectivity index (χ3n) is 4.66. The molecular weight excluding hydrogens is 358 g/mol. The van der Waals surface area contributed by atoms with Crippen LogP contribution in [0, 0.1) is 0 Å². The molecule has 1 aliphatic rings. The molecule has 5 heterocycles. The lowest BCUT2D eigenvalue weighted by Crippen LogP contribution is -2.47. The first-order valence-corrected chi connectivity index (χ1v) is 9.69. The number of thiophene rings is 1. The molecule has 0 radical (unpaired) electrons. The number of aromatic nitrogens is 5. The predicted octanol–water partition coefficient (Wildman–Crippen LogP) is 2.87. The zero-order valence-electron chi connectivity index (χ0n) is 14.6. The minimum absolute atomic E-state index is 0.752. The Labute approximate surface area is 160 Å². The van der Waals surface area contributed by atoms with Crippen molar-refractivity contribution in [2.75, 3.05) is 36.0 Å². The van der Waals surface area contributed by atoms with Crippen molar-refractivity contribution in [3.63, 3.8) is 0 Å². The van der Waals surface area contributed by atoms with Crippen molar-refractivity contribution in [1.82, 2.24) is 24.9 Å². The van der Waals surface area contributed by atoms with Gasteiger partial charge in [0.2, 0.25) is 5.95 Å². The molecule has 0 aromatic carbocycles. The molecule has 1 aliphatic heterocycles. The highest BCUT2D eigenvalue weighted by molar-refractivity contribution is 7.17. The van der Waals surface area contributed by atoms with Crippen LogP contribution in [-0.2, 0) is 0 Å². The maximum Gasteiger partial charge on any atom is 0.226 e. The minimum Gasteiger partial charge on any atom is -0.352 e. The highest BCUT2D eigenvalue weighted by Crippen LogP contribution is 2.29. The van der Waals surface area contributed by atoms with Crippen LogP contribution >= 0.6 is 11.3 Å². The fourth-order valence-corrected chi connectivity index (χ4v) is 4.14. The van der Waals surface area contributed by atoms with Gasteiger partial charge in [0.25, 0.3) is 0 Å². The van der Waals surface area contributed by atoms with E-state index in [-0.39, 0.29) is 0 Å². The summed E-state index contributed by atoms with van der Waals surface area (Å²) < 4.78 is 1.15. The van der Waals surface area contributed by atoms with E-state index in [4.69, 9.17) is 4.98 Å². The summed E-state index contributed by atoms with van der Waals surface area (Å²) in [4.78, 5) is 27.0. The number of rotatable bonds is 3. The van der Waals surface area contributed by atoms with Crippen molar-refractivity contribution >= 4 is 33.3 Å². The number of piperazine rings is 1. The first-order valence-electron chi connectivity index (χ1n) is 8.81. The standard InChI is InChI=1S/C19H17N7S/c1-2-6-20-14(3-1)15-4-7-21-19(24-15)26-10-8-25(9-11-26)18-17-16(5-12-27-17)22-13-23-18/h1-7,12-13H,8-11H2. The van der Waals surface area contributed by atoms with Crippen molar-refractivity contribution in [1.29, 1.82) is 0 Å². The normalized spacial score (nSPS) is 14.7. The van der Waals surface area contributed by atoms with E-state index in [0.29, 0.717) is 0 Å². The molecule has 0 aliphatic carbocycles. The summed E-state index contributed by atoms with van der Waals surface area (Å²) in [5, 5.41) is 2.07. The number of nitrogens with zero attached hydrogens (tertiary/aromatic N) is 7. The molecule has 0 unspecified atom stereocenters. The highest BCUT2D eigenvalue weighted by Gasteiger charge is 2.22. The Morgan fingerprint density at radius 1 is 0.778 bits per heavy atom. The highest BCUT2D eigenvalue weighted by atomic mass is 32.1. The van der Waals surface area contributed by atoms with E-state index in [0.717, 1.165) is 59.5 Å². The number of anilines is 2. The van der Waals surface area contributed by atoms with Crippen LogP contribution in [0.3, 0.4) is 0 Å². The topological polar surface area (TPSA) is 70.9 Å². The van der Waals surface area contributed by atoms with Crippen LogP contribution in [0.2, 0.25) is 0 Å². The first kappa shape index (κ1) is 16.1. The average Bonchev–Trinajstić information content (AvgIpc) is 3.24. The zero-order chi connectivity index (χ0) is 18.1. The number of hydrogen-bond donors (Lipinski definition) is 0. The Hall–Kier alpha value is -3.13. The van der Waals surface area contributed by atoms with Gasteiger partial charge < -0.3 is 9.80 Å². The Morgan fingerprint density at radius 3 is 2.52 bits per heavy atom. The molecule has 0 atom stereocenters. The Morgan fingerprint density at radius 2 is 1.67 bits per heavy atom. The van der Waals surface area contributed by atoms with Crippen LogP contribution in [0.15, 0.2) is 54.4 Å². The van der Waals surface area contributed by atoms with Crippen LogP contribution in [0.1, 0.15) is 0 Å². The summed E-state index contributed by atoms with van der Waals surface area (Å²) in [7, 11) is 0. The predicted molar refractivity (Wildman–Crippen MR) is 107 cm³/mol. The fraction of sp³-hybridized carbons (Fsp3) is 0.211. The summed E-state index contributed by atoms with van der Waals surface area (Å²) in [6.07, 6.45) is 5.23. The largest absolute Gasteiger partial charge is 0.352 e. The lowest BCUT2D eigenvalue weighted by molar-refractivity contribution is 0.636. The first-order chi connectivity index (χ1) is 13.4. The van der Waals surface area contributed by atoms with Crippen molar-refractivity contribution in [2.24, 2.45) is 0 Å². The molecule has 27 heavy (non-hydrogen) atoms. The lowest BCUT2D eigenvalue weighted by Gasteiger charge is -2.35. The third kappa shape index (κ3) is 3.08. The van der Waals surface area contributed by atoms with Gasteiger partial charge in [-0.25, -0.2) is 19.9 Å². The summed E-state index contributed by atoms with van der Waals surface area (Å²) in [6, 6.07) is 9.78. The van der Waals surface area contributed by atoms with Gasteiger partial charge in [-0.15, -0.1) is 11.3 Å². The van der Waals surface area contributed by atoms with E-state index in [1.165, 1.54) is 0 Å². The van der Waals surface area contributed by atoms with Crippen molar-refractivity contribution < 1.29 is 0 Å². The number of pyridine rings is 1. The van der Waals surface area contributed by atoms with Gasteiger partial charge in [0.05, 0.1) is 21.6 Å². The maximum atomic E-state index is 4.72. The van der Waals surface area contributed by atoms with E-state index in [2.05, 4.69) is 35.1 Å². The van der Waals surface area contributed by atoms with Gasteiger partial charge in [-0.3, -0.25) is 4.98 Å². The van der Waals surface area contributed by atoms with Gasteiger partial charge >= 0.3 is 0 Å². The van der Waals surface area contributed by atoms with Crippen LogP contribution < -0.4 is 9.80 Å². The second-order valence-electron chi connectivity index (χ2n) is 6.26. The van der Waals surface area contributed by atoms with E-state index >= 15 is 0 Å². The average molecular weight is 375 g/mol. The summed E-state index contributed by atoms with van der Waals surface area (Å²) in [5.74, 6) is 1.78. The van der Waals surface area contributed by atoms with Crippen LogP contribution in [-0.4, -0.2) is 51.1 Å². The molecule has 1 fully saturated rings. The molecule has 0 amide bonds. The Balaban J connectivity index is 1.34. The molecule has 8 heteroatoms. The van der Waals surface area contributed by atoms with E-state index in [1.807, 2.05) is 30.3 Å². The van der Waals surface area contributed by atoms with Gasteiger partial charge in [-0.2, -0.15) is 0 Å². The smallest absolute Gasteiger partial charge is 0.226 e. The van der Waals surface area contributed by atoms with Crippen LogP contribution in [0.25, 0.3) is 21.6 Å². The summed E-state index contributed by atoms with van der Waals surface area (Å²) in [6.45, 7) is 3.45. The molecule has 0 spiro atoms. The van der Waals surface area contributed by atoms with Gasteiger partial charge in [-0.1, -0.05) is 6.07 Å². The van der Waals surface area contributed by atoms with Gasteiger partial charge in [-0.05, 0) is 29.6 Å². The van der Waals surface area contributed by atoms with E-state index in [1.54, 1.807) is 30.1 Å². The molecule has 4 aromatic rings. The molecule has 0 saturated carbocycles. The second kappa shape index (κ2) is 6.88. The van der Waals surface area contributed by atoms with Gasteiger partial charge in [0.15, 0.2) is 0 Å². The Bertz CT molecular complexity index is 1060. The van der Waals surface area contributed by atoms with Crippen LogP contribution in [0.4, 0.5) is 11.8 Å². The van der Waals surface area contributed by atoms with Gasteiger partial charge in [0, 0.05) is 38.6 Å². The van der Waals surface area contributed by atoms with Crippen molar-refractivity contribution in [3.05, 3.63) is 54.4 Å². The Kier molecular flexibility index (Phi) is 4.10. The van der Waals surface area contributed by atoms with Crippen LogP contribution in [0.5, 0.6) is 0 Å². The summed E-state index contributed by atoms with van der Waals surface area (Å²) in [5.41, 5.74) is 2.72. The summed E-state index contributed by atoms with van der Waals surface area (Å²) >= 11 is 1.69. The van der Waals surface area contributed by atoms with Crippen molar-refractivity contribution in [3.8, 4) is 11.4 Å². The molecule has 1 saturated heterocycles. The molecule has 0 N–H and O–H groups in total. The lowest BCUT2D eigenvalue weighted by atomic mass is 10.2. The minimum atomic E-state index is 0.752. The van der Waals surface area contributed by atoms with E-state index < -0.39 is 0 Å². The quantitative estimate of drug-likeness (QED) is 0.545. The van der Waals surface area contributed by atoms with Gasteiger partial charge in [0.1, 0.15) is 12.1 Å². The molecule has 134 valence electrons. The fourth-order valence-electron chi connectivity index (χ4n) is 3.28. The number of hydrogen-bond acceptors (Lipinski definition) is 8. The molecular formula is C19H17N7S. The molecule has 7 nitrogen and oxygen atoms in total. The van der Waals surface area contributed by atoms with E-state index in [9.17, 15) is 0 Å². The SMILES string of the molecule is c1ccc(-c2ccnc(N3CCN(c4ncnc5ccsc45)CC3)n2)nc1. The molecule has 5 rings (SSSR count). The number of fused-ring (bicyclic) bond motifs is 1. The second-order valence-corrected chi connectivity index (χ2v) is 7.18. The van der Waals surface area contributed by atoms with Crippen molar-refractivity contribution in [2.45, 2.75) is 0 Å². The third-order valence-corrected chi connectivity index (χ3v) is 5.56. The maximum absolute atomic E-state index is 4.72.